The number of halogens is 1. The zero-order chi connectivity index (χ0) is 12.0. The molecular formula is C14H17FN2. The molecule has 3 rings (SSSR count). The lowest BCUT2D eigenvalue weighted by Gasteiger charge is -2.25. The Morgan fingerprint density at radius 2 is 1.94 bits per heavy atom. The highest BCUT2D eigenvalue weighted by Gasteiger charge is 2.34. The smallest absolute Gasteiger partial charge is 0.137 e. The SMILES string of the molecule is Cn1ccc2c(F)c(C3(N)CCCC3)ccc21. The molecule has 0 bridgehead atoms. The zero-order valence-corrected chi connectivity index (χ0v) is 10.0. The molecule has 0 atom stereocenters. The molecule has 1 aromatic carbocycles. The first-order valence-electron chi connectivity index (χ1n) is 6.15. The summed E-state index contributed by atoms with van der Waals surface area (Å²) in [5, 5.41) is 0.682. The van der Waals surface area contributed by atoms with Crippen molar-refractivity contribution in [3.05, 3.63) is 35.8 Å². The van der Waals surface area contributed by atoms with E-state index < -0.39 is 5.54 Å². The third-order valence-corrected chi connectivity index (χ3v) is 4.03. The Kier molecular flexibility index (Phi) is 2.26. The summed E-state index contributed by atoms with van der Waals surface area (Å²) in [4.78, 5) is 0. The van der Waals surface area contributed by atoms with Crippen molar-refractivity contribution in [1.82, 2.24) is 4.57 Å². The summed E-state index contributed by atoms with van der Waals surface area (Å²) in [6.07, 6.45) is 5.87. The number of rotatable bonds is 1. The third-order valence-electron chi connectivity index (χ3n) is 4.03. The van der Waals surface area contributed by atoms with E-state index in [9.17, 15) is 4.39 Å². The Morgan fingerprint density at radius 1 is 1.24 bits per heavy atom. The molecule has 0 aliphatic heterocycles. The first-order chi connectivity index (χ1) is 8.12. The Labute approximate surface area is 100 Å². The zero-order valence-electron chi connectivity index (χ0n) is 10.0. The highest BCUT2D eigenvalue weighted by atomic mass is 19.1. The monoisotopic (exact) mass is 232 g/mol. The van der Waals surface area contributed by atoms with Gasteiger partial charge in [-0.2, -0.15) is 0 Å². The van der Waals surface area contributed by atoms with E-state index >= 15 is 0 Å². The van der Waals surface area contributed by atoms with Crippen molar-refractivity contribution in [1.29, 1.82) is 0 Å². The number of hydrogen-bond acceptors (Lipinski definition) is 1. The summed E-state index contributed by atoms with van der Waals surface area (Å²) in [7, 11) is 1.93. The minimum absolute atomic E-state index is 0.132. The number of nitrogens with two attached hydrogens (primary N) is 1. The van der Waals surface area contributed by atoms with Crippen molar-refractivity contribution in [3.8, 4) is 0 Å². The van der Waals surface area contributed by atoms with E-state index in [1.54, 1.807) is 0 Å². The molecular weight excluding hydrogens is 215 g/mol. The summed E-state index contributed by atoms with van der Waals surface area (Å²) in [6, 6.07) is 5.66. The normalized spacial score (nSPS) is 19.0. The summed E-state index contributed by atoms with van der Waals surface area (Å²) in [5.74, 6) is -0.132. The fraction of sp³-hybridized carbons (Fsp3) is 0.429. The Morgan fingerprint density at radius 3 is 2.65 bits per heavy atom. The van der Waals surface area contributed by atoms with Crippen molar-refractivity contribution in [2.75, 3.05) is 0 Å². The average molecular weight is 232 g/mol. The third kappa shape index (κ3) is 1.49. The molecule has 1 aliphatic rings. The van der Waals surface area contributed by atoms with Gasteiger partial charge in [-0.3, -0.25) is 0 Å². The lowest BCUT2D eigenvalue weighted by atomic mass is 9.88. The summed E-state index contributed by atoms with van der Waals surface area (Å²) in [6.45, 7) is 0. The van der Waals surface area contributed by atoms with Gasteiger partial charge in [0.1, 0.15) is 5.82 Å². The molecule has 0 radical (unpaired) electrons. The molecule has 1 aliphatic carbocycles. The van der Waals surface area contributed by atoms with Crippen molar-refractivity contribution in [2.45, 2.75) is 31.2 Å². The highest BCUT2D eigenvalue weighted by Crippen LogP contribution is 2.39. The largest absolute Gasteiger partial charge is 0.350 e. The molecule has 2 N–H and O–H groups in total. The van der Waals surface area contributed by atoms with Gasteiger partial charge in [0.15, 0.2) is 0 Å². The maximum absolute atomic E-state index is 14.5. The van der Waals surface area contributed by atoms with E-state index in [1.165, 1.54) is 0 Å². The van der Waals surface area contributed by atoms with Crippen LogP contribution in [0.1, 0.15) is 31.2 Å². The molecule has 3 heteroatoms. The van der Waals surface area contributed by atoms with E-state index in [2.05, 4.69) is 0 Å². The Hall–Kier alpha value is -1.35. The van der Waals surface area contributed by atoms with Gasteiger partial charge in [0.25, 0.3) is 0 Å². The van der Waals surface area contributed by atoms with Gasteiger partial charge >= 0.3 is 0 Å². The average Bonchev–Trinajstić information content (AvgIpc) is 2.88. The van der Waals surface area contributed by atoms with E-state index in [4.69, 9.17) is 5.73 Å². The van der Waals surface area contributed by atoms with Crippen molar-refractivity contribution in [2.24, 2.45) is 12.8 Å². The Balaban J connectivity index is 2.21. The quantitative estimate of drug-likeness (QED) is 0.805. The van der Waals surface area contributed by atoms with Crippen LogP contribution in [0.25, 0.3) is 10.9 Å². The van der Waals surface area contributed by atoms with Crippen LogP contribution in [0.2, 0.25) is 0 Å². The van der Waals surface area contributed by atoms with E-state index in [-0.39, 0.29) is 5.82 Å². The van der Waals surface area contributed by atoms with Crippen LogP contribution in [0.5, 0.6) is 0 Å². The van der Waals surface area contributed by atoms with Crippen molar-refractivity contribution in [3.63, 3.8) is 0 Å². The first kappa shape index (κ1) is 10.8. The molecule has 90 valence electrons. The van der Waals surface area contributed by atoms with Crippen LogP contribution in [0.3, 0.4) is 0 Å². The second-order valence-corrected chi connectivity index (χ2v) is 5.15. The maximum Gasteiger partial charge on any atom is 0.137 e. The van der Waals surface area contributed by atoms with Crippen LogP contribution < -0.4 is 5.73 Å². The number of nitrogens with zero attached hydrogens (tertiary/aromatic N) is 1. The summed E-state index contributed by atoms with van der Waals surface area (Å²) >= 11 is 0. The van der Waals surface area contributed by atoms with Gasteiger partial charge in [-0.05, 0) is 25.0 Å². The lowest BCUT2D eigenvalue weighted by molar-refractivity contribution is 0.436. The molecule has 17 heavy (non-hydrogen) atoms. The van der Waals surface area contributed by atoms with Gasteiger partial charge in [-0.25, -0.2) is 4.39 Å². The first-order valence-corrected chi connectivity index (χ1v) is 6.15. The number of fused-ring (bicyclic) bond motifs is 1. The number of aromatic nitrogens is 1. The van der Waals surface area contributed by atoms with E-state index in [1.807, 2.05) is 36.0 Å². The molecule has 0 amide bonds. The van der Waals surface area contributed by atoms with Crippen LogP contribution >= 0.6 is 0 Å². The molecule has 2 nitrogen and oxygen atoms in total. The van der Waals surface area contributed by atoms with E-state index in [0.717, 1.165) is 31.2 Å². The van der Waals surface area contributed by atoms with Crippen LogP contribution in [0.15, 0.2) is 24.4 Å². The summed E-state index contributed by atoms with van der Waals surface area (Å²) in [5.41, 5.74) is 7.49. The number of hydrogen-bond donors (Lipinski definition) is 1. The van der Waals surface area contributed by atoms with Gasteiger partial charge in [0.2, 0.25) is 0 Å². The maximum atomic E-state index is 14.5. The molecule has 0 spiro atoms. The van der Waals surface area contributed by atoms with Crippen LogP contribution in [0.4, 0.5) is 4.39 Å². The van der Waals surface area contributed by atoms with Gasteiger partial charge in [0, 0.05) is 29.7 Å². The van der Waals surface area contributed by atoms with Gasteiger partial charge in [-0.1, -0.05) is 18.9 Å². The predicted octanol–water partition coefficient (Wildman–Crippen LogP) is 3.05. The fourth-order valence-electron chi connectivity index (χ4n) is 2.98. The predicted molar refractivity (Wildman–Crippen MR) is 67.2 cm³/mol. The fourth-order valence-corrected chi connectivity index (χ4v) is 2.98. The topological polar surface area (TPSA) is 30.9 Å². The number of aryl methyl sites for hydroxylation is 1. The summed E-state index contributed by atoms with van der Waals surface area (Å²) < 4.78 is 16.4. The molecule has 1 heterocycles. The van der Waals surface area contributed by atoms with Crippen LogP contribution in [-0.4, -0.2) is 4.57 Å². The molecule has 1 saturated carbocycles. The van der Waals surface area contributed by atoms with Gasteiger partial charge < -0.3 is 10.3 Å². The van der Waals surface area contributed by atoms with Crippen molar-refractivity contribution < 1.29 is 4.39 Å². The molecule has 1 aromatic heterocycles. The van der Waals surface area contributed by atoms with Crippen LogP contribution in [-0.2, 0) is 12.6 Å². The van der Waals surface area contributed by atoms with E-state index in [0.29, 0.717) is 10.9 Å². The molecule has 1 fully saturated rings. The lowest BCUT2D eigenvalue weighted by Crippen LogP contribution is -2.34. The Bertz CT molecular complexity index is 565. The molecule has 2 aromatic rings. The van der Waals surface area contributed by atoms with Crippen molar-refractivity contribution >= 4 is 10.9 Å². The van der Waals surface area contributed by atoms with Gasteiger partial charge in [0.05, 0.1) is 5.52 Å². The highest BCUT2D eigenvalue weighted by molar-refractivity contribution is 5.82. The number of benzene rings is 1. The molecule has 0 unspecified atom stereocenters. The second-order valence-electron chi connectivity index (χ2n) is 5.15. The second kappa shape index (κ2) is 3.57. The standard InChI is InChI=1S/C14H17FN2/c1-17-9-6-10-12(17)5-4-11(13(10)15)14(16)7-2-3-8-14/h4-6,9H,2-3,7-8,16H2,1H3. The minimum atomic E-state index is -0.450. The van der Waals surface area contributed by atoms with Gasteiger partial charge in [-0.15, -0.1) is 0 Å². The van der Waals surface area contributed by atoms with Crippen LogP contribution in [0, 0.1) is 5.82 Å². The minimum Gasteiger partial charge on any atom is -0.350 e. The molecule has 0 saturated heterocycles.